The standard InChI is InChI=1S/C16H28N2OS/c1-15(2,3)9-12(10-17)14(19)18-11-16(4,5)13-7-6-8-20-13/h6-8,12H,9-11,17H2,1-5H3,(H,18,19). The number of rotatable bonds is 6. The van der Waals surface area contributed by atoms with E-state index in [1.165, 1.54) is 4.88 Å². The molecule has 114 valence electrons. The van der Waals surface area contributed by atoms with Crippen molar-refractivity contribution < 1.29 is 4.79 Å². The Balaban J connectivity index is 2.57. The number of nitrogens with one attached hydrogen (secondary N) is 1. The second kappa shape index (κ2) is 6.72. The first-order valence-corrected chi connectivity index (χ1v) is 8.05. The monoisotopic (exact) mass is 296 g/mol. The average molecular weight is 296 g/mol. The zero-order valence-corrected chi connectivity index (χ0v) is 14.1. The van der Waals surface area contributed by atoms with Crippen LogP contribution in [-0.2, 0) is 10.2 Å². The highest BCUT2D eigenvalue weighted by Crippen LogP contribution is 2.27. The fourth-order valence-corrected chi connectivity index (χ4v) is 3.08. The van der Waals surface area contributed by atoms with Gasteiger partial charge in [0, 0.05) is 23.4 Å². The van der Waals surface area contributed by atoms with Crippen molar-refractivity contribution in [1.29, 1.82) is 0 Å². The number of thiophene rings is 1. The van der Waals surface area contributed by atoms with Crippen LogP contribution in [0.4, 0.5) is 0 Å². The van der Waals surface area contributed by atoms with Crippen molar-refractivity contribution in [2.45, 2.75) is 46.5 Å². The van der Waals surface area contributed by atoms with Gasteiger partial charge in [0.05, 0.1) is 5.92 Å². The van der Waals surface area contributed by atoms with Gasteiger partial charge in [-0.2, -0.15) is 0 Å². The Bertz CT molecular complexity index is 418. The summed E-state index contributed by atoms with van der Waals surface area (Å²) < 4.78 is 0. The molecule has 0 aliphatic heterocycles. The molecule has 0 aliphatic rings. The zero-order chi connectivity index (χ0) is 15.4. The van der Waals surface area contributed by atoms with Crippen LogP contribution in [0.3, 0.4) is 0 Å². The van der Waals surface area contributed by atoms with Gasteiger partial charge in [-0.1, -0.05) is 40.7 Å². The van der Waals surface area contributed by atoms with Crippen molar-refractivity contribution in [3.63, 3.8) is 0 Å². The van der Waals surface area contributed by atoms with Crippen LogP contribution in [0, 0.1) is 11.3 Å². The minimum atomic E-state index is -0.103. The number of amides is 1. The van der Waals surface area contributed by atoms with E-state index in [0.717, 1.165) is 6.42 Å². The number of carbonyl (C=O) groups is 1. The van der Waals surface area contributed by atoms with Crippen LogP contribution in [0.5, 0.6) is 0 Å². The quantitative estimate of drug-likeness (QED) is 0.847. The number of carbonyl (C=O) groups excluding carboxylic acids is 1. The van der Waals surface area contributed by atoms with Crippen LogP contribution < -0.4 is 11.1 Å². The highest BCUT2D eigenvalue weighted by molar-refractivity contribution is 7.10. The molecule has 1 rings (SSSR count). The smallest absolute Gasteiger partial charge is 0.224 e. The van der Waals surface area contributed by atoms with Crippen LogP contribution in [0.25, 0.3) is 0 Å². The molecule has 0 saturated heterocycles. The van der Waals surface area contributed by atoms with Crippen LogP contribution >= 0.6 is 11.3 Å². The first-order valence-electron chi connectivity index (χ1n) is 7.17. The Labute approximate surface area is 127 Å². The summed E-state index contributed by atoms with van der Waals surface area (Å²) in [4.78, 5) is 13.6. The molecule has 4 heteroatoms. The lowest BCUT2D eigenvalue weighted by molar-refractivity contribution is -0.125. The van der Waals surface area contributed by atoms with Crippen molar-refractivity contribution in [2.75, 3.05) is 13.1 Å². The lowest BCUT2D eigenvalue weighted by atomic mass is 9.84. The molecule has 1 atom stereocenters. The lowest BCUT2D eigenvalue weighted by Crippen LogP contribution is -2.42. The first-order chi connectivity index (χ1) is 9.15. The molecule has 1 aromatic heterocycles. The molecule has 0 saturated carbocycles. The van der Waals surface area contributed by atoms with Crippen LogP contribution in [0.15, 0.2) is 17.5 Å². The van der Waals surface area contributed by atoms with E-state index in [2.05, 4.69) is 51.4 Å². The Morgan fingerprint density at radius 2 is 2.00 bits per heavy atom. The molecule has 1 unspecified atom stereocenters. The summed E-state index contributed by atoms with van der Waals surface area (Å²) >= 11 is 1.73. The minimum absolute atomic E-state index is 0.0370. The Kier molecular flexibility index (Phi) is 5.78. The van der Waals surface area contributed by atoms with Gasteiger partial charge in [-0.3, -0.25) is 4.79 Å². The largest absolute Gasteiger partial charge is 0.355 e. The first kappa shape index (κ1) is 17.2. The maximum atomic E-state index is 12.3. The van der Waals surface area contributed by atoms with Crippen LogP contribution in [0.1, 0.15) is 45.9 Å². The summed E-state index contributed by atoms with van der Waals surface area (Å²) in [5, 5.41) is 5.14. The third-order valence-corrected chi connectivity index (χ3v) is 4.64. The predicted molar refractivity (Wildman–Crippen MR) is 87.0 cm³/mol. The van der Waals surface area contributed by atoms with Gasteiger partial charge in [0.25, 0.3) is 0 Å². The molecule has 20 heavy (non-hydrogen) atoms. The summed E-state index contributed by atoms with van der Waals surface area (Å²) in [6, 6.07) is 4.16. The van der Waals surface area contributed by atoms with Crippen molar-refractivity contribution in [1.82, 2.24) is 5.32 Å². The van der Waals surface area contributed by atoms with Crippen molar-refractivity contribution in [3.8, 4) is 0 Å². The van der Waals surface area contributed by atoms with E-state index in [1.807, 2.05) is 6.07 Å². The van der Waals surface area contributed by atoms with Crippen LogP contribution in [-0.4, -0.2) is 19.0 Å². The summed E-state index contributed by atoms with van der Waals surface area (Å²) in [5.74, 6) is -0.0267. The second-order valence-corrected chi connectivity index (χ2v) is 8.22. The third-order valence-electron chi connectivity index (χ3n) is 3.41. The van der Waals surface area contributed by atoms with Crippen molar-refractivity contribution in [2.24, 2.45) is 17.1 Å². The molecular formula is C16H28N2OS. The SMILES string of the molecule is CC(C)(C)CC(CN)C(=O)NCC(C)(C)c1cccs1. The van der Waals surface area contributed by atoms with Gasteiger partial charge in [-0.05, 0) is 23.3 Å². The highest BCUT2D eigenvalue weighted by atomic mass is 32.1. The fraction of sp³-hybridized carbons (Fsp3) is 0.688. The molecule has 0 bridgehead atoms. The van der Waals surface area contributed by atoms with Gasteiger partial charge in [-0.25, -0.2) is 0 Å². The van der Waals surface area contributed by atoms with Crippen LogP contribution in [0.2, 0.25) is 0 Å². The van der Waals surface area contributed by atoms with Gasteiger partial charge < -0.3 is 11.1 Å². The van der Waals surface area contributed by atoms with E-state index in [9.17, 15) is 4.79 Å². The molecule has 3 N–H and O–H groups in total. The van der Waals surface area contributed by atoms with Crippen molar-refractivity contribution in [3.05, 3.63) is 22.4 Å². The Hall–Kier alpha value is -0.870. The fourth-order valence-electron chi connectivity index (χ4n) is 2.23. The van der Waals surface area contributed by atoms with Gasteiger partial charge in [-0.15, -0.1) is 11.3 Å². The topological polar surface area (TPSA) is 55.1 Å². The summed E-state index contributed by atoms with van der Waals surface area (Å²) in [6.45, 7) is 11.8. The molecule has 0 radical (unpaired) electrons. The van der Waals surface area contributed by atoms with Gasteiger partial charge in [0.1, 0.15) is 0 Å². The zero-order valence-electron chi connectivity index (χ0n) is 13.3. The number of hydrogen-bond donors (Lipinski definition) is 2. The van der Waals surface area contributed by atoms with E-state index in [4.69, 9.17) is 5.73 Å². The molecule has 0 spiro atoms. The number of hydrogen-bond acceptors (Lipinski definition) is 3. The number of nitrogens with two attached hydrogens (primary N) is 1. The Morgan fingerprint density at radius 1 is 1.35 bits per heavy atom. The third kappa shape index (κ3) is 5.25. The normalized spacial score (nSPS) is 14.1. The summed E-state index contributed by atoms with van der Waals surface area (Å²) in [5.41, 5.74) is 5.83. The molecule has 0 aliphatic carbocycles. The maximum Gasteiger partial charge on any atom is 0.224 e. The van der Waals surface area contributed by atoms with Gasteiger partial charge >= 0.3 is 0 Å². The summed E-state index contributed by atoms with van der Waals surface area (Å²) in [6.07, 6.45) is 0.814. The second-order valence-electron chi connectivity index (χ2n) is 7.28. The molecule has 0 fully saturated rings. The van der Waals surface area contributed by atoms with Gasteiger partial charge in [0.15, 0.2) is 0 Å². The van der Waals surface area contributed by atoms with Gasteiger partial charge in [0.2, 0.25) is 5.91 Å². The summed E-state index contributed by atoms with van der Waals surface area (Å²) in [7, 11) is 0. The molecular weight excluding hydrogens is 268 g/mol. The highest BCUT2D eigenvalue weighted by Gasteiger charge is 2.27. The van der Waals surface area contributed by atoms with E-state index < -0.39 is 0 Å². The van der Waals surface area contributed by atoms with E-state index in [1.54, 1.807) is 11.3 Å². The predicted octanol–water partition coefficient (Wildman–Crippen LogP) is 3.15. The van der Waals surface area contributed by atoms with E-state index >= 15 is 0 Å². The molecule has 1 aromatic rings. The lowest BCUT2D eigenvalue weighted by Gasteiger charge is -2.27. The average Bonchev–Trinajstić information content (AvgIpc) is 2.86. The maximum absolute atomic E-state index is 12.3. The molecule has 1 amide bonds. The minimum Gasteiger partial charge on any atom is -0.355 e. The molecule has 0 aromatic carbocycles. The van der Waals surface area contributed by atoms with Crippen molar-refractivity contribution >= 4 is 17.2 Å². The van der Waals surface area contributed by atoms with E-state index in [-0.39, 0.29) is 22.7 Å². The molecule has 3 nitrogen and oxygen atoms in total. The van der Waals surface area contributed by atoms with E-state index in [0.29, 0.717) is 13.1 Å². The molecule has 1 heterocycles. The Morgan fingerprint density at radius 3 is 2.45 bits per heavy atom.